The summed E-state index contributed by atoms with van der Waals surface area (Å²) in [7, 11) is 0. The molecule has 3 heteroatoms. The SMILES string of the molecule is CCNCc1ccc(CN2CCCC2(C)C)s1. The predicted molar refractivity (Wildman–Crippen MR) is 75.4 cm³/mol. The summed E-state index contributed by atoms with van der Waals surface area (Å²) in [5, 5.41) is 3.38. The van der Waals surface area contributed by atoms with Crippen LogP contribution in [0.1, 0.15) is 43.4 Å². The van der Waals surface area contributed by atoms with Crippen LogP contribution in [0.25, 0.3) is 0 Å². The molecule has 0 radical (unpaired) electrons. The molecule has 0 spiro atoms. The molecule has 0 saturated carbocycles. The summed E-state index contributed by atoms with van der Waals surface area (Å²) in [5.74, 6) is 0. The number of nitrogens with one attached hydrogen (secondary N) is 1. The maximum atomic E-state index is 3.38. The molecule has 1 fully saturated rings. The molecular formula is C14H24N2S. The second kappa shape index (κ2) is 5.51. The first-order valence-electron chi connectivity index (χ1n) is 6.65. The highest BCUT2D eigenvalue weighted by atomic mass is 32.1. The Morgan fingerprint density at radius 2 is 2.12 bits per heavy atom. The minimum atomic E-state index is 0.395. The second-order valence-corrected chi connectivity index (χ2v) is 6.74. The molecule has 1 saturated heterocycles. The molecule has 17 heavy (non-hydrogen) atoms. The van der Waals surface area contributed by atoms with Gasteiger partial charge in [0.1, 0.15) is 0 Å². The number of thiophene rings is 1. The molecule has 96 valence electrons. The molecule has 0 unspecified atom stereocenters. The van der Waals surface area contributed by atoms with Gasteiger partial charge in [-0.1, -0.05) is 6.92 Å². The van der Waals surface area contributed by atoms with E-state index in [0.717, 1.165) is 19.6 Å². The first kappa shape index (κ1) is 13.1. The average molecular weight is 252 g/mol. The zero-order chi connectivity index (χ0) is 12.3. The van der Waals surface area contributed by atoms with Gasteiger partial charge in [-0.2, -0.15) is 0 Å². The molecule has 2 rings (SSSR count). The fraction of sp³-hybridized carbons (Fsp3) is 0.714. The van der Waals surface area contributed by atoms with E-state index in [9.17, 15) is 0 Å². The molecule has 0 aliphatic carbocycles. The molecule has 0 aromatic carbocycles. The zero-order valence-corrected chi connectivity index (χ0v) is 12.1. The minimum absolute atomic E-state index is 0.395. The van der Waals surface area contributed by atoms with Gasteiger partial charge in [0.05, 0.1) is 0 Å². The Morgan fingerprint density at radius 3 is 2.76 bits per heavy atom. The molecule has 0 bridgehead atoms. The highest BCUT2D eigenvalue weighted by molar-refractivity contribution is 7.11. The summed E-state index contributed by atoms with van der Waals surface area (Å²) in [5.41, 5.74) is 0.395. The van der Waals surface area contributed by atoms with Crippen molar-refractivity contribution >= 4 is 11.3 Å². The summed E-state index contributed by atoms with van der Waals surface area (Å²) in [6.07, 6.45) is 2.69. The van der Waals surface area contributed by atoms with Crippen molar-refractivity contribution in [2.24, 2.45) is 0 Å². The fourth-order valence-corrected chi connectivity index (χ4v) is 3.50. The van der Waals surface area contributed by atoms with Crippen LogP contribution in [0.15, 0.2) is 12.1 Å². The Morgan fingerprint density at radius 1 is 1.35 bits per heavy atom. The van der Waals surface area contributed by atoms with E-state index >= 15 is 0 Å². The van der Waals surface area contributed by atoms with Crippen molar-refractivity contribution in [3.8, 4) is 0 Å². The molecule has 2 heterocycles. The Balaban J connectivity index is 1.92. The van der Waals surface area contributed by atoms with Crippen LogP contribution in [-0.2, 0) is 13.1 Å². The Kier molecular flexibility index (Phi) is 4.23. The summed E-state index contributed by atoms with van der Waals surface area (Å²) in [6.45, 7) is 11.3. The standard InChI is InChI=1S/C14H24N2S/c1-4-15-10-12-6-7-13(17-12)11-16-9-5-8-14(16,2)3/h6-7,15H,4-5,8-11H2,1-3H3. The topological polar surface area (TPSA) is 15.3 Å². The third-order valence-electron chi connectivity index (χ3n) is 3.69. The third kappa shape index (κ3) is 3.30. The van der Waals surface area contributed by atoms with E-state index in [1.54, 1.807) is 0 Å². The maximum Gasteiger partial charge on any atom is 0.0333 e. The third-order valence-corrected chi connectivity index (χ3v) is 4.76. The van der Waals surface area contributed by atoms with Gasteiger partial charge in [0.2, 0.25) is 0 Å². The quantitative estimate of drug-likeness (QED) is 0.865. The van der Waals surface area contributed by atoms with Crippen molar-refractivity contribution in [1.82, 2.24) is 10.2 Å². The minimum Gasteiger partial charge on any atom is -0.312 e. The highest BCUT2D eigenvalue weighted by Crippen LogP contribution is 2.31. The van der Waals surface area contributed by atoms with Crippen LogP contribution in [0.3, 0.4) is 0 Å². The Hall–Kier alpha value is -0.380. The first-order valence-corrected chi connectivity index (χ1v) is 7.47. The van der Waals surface area contributed by atoms with Gasteiger partial charge in [0.15, 0.2) is 0 Å². The fourth-order valence-electron chi connectivity index (χ4n) is 2.49. The van der Waals surface area contributed by atoms with Gasteiger partial charge in [0, 0.05) is 28.4 Å². The second-order valence-electron chi connectivity index (χ2n) is 5.49. The van der Waals surface area contributed by atoms with Gasteiger partial charge in [-0.3, -0.25) is 4.90 Å². The lowest BCUT2D eigenvalue weighted by atomic mass is 10.0. The molecular weight excluding hydrogens is 228 g/mol. The number of nitrogens with zero attached hydrogens (tertiary/aromatic N) is 1. The maximum absolute atomic E-state index is 3.38. The van der Waals surface area contributed by atoms with Gasteiger partial charge in [0.25, 0.3) is 0 Å². The van der Waals surface area contributed by atoms with Crippen LogP contribution in [0.2, 0.25) is 0 Å². The van der Waals surface area contributed by atoms with E-state index in [4.69, 9.17) is 0 Å². The van der Waals surface area contributed by atoms with Crippen LogP contribution in [0, 0.1) is 0 Å². The monoisotopic (exact) mass is 252 g/mol. The van der Waals surface area contributed by atoms with Crippen molar-refractivity contribution in [3.63, 3.8) is 0 Å². The van der Waals surface area contributed by atoms with Gasteiger partial charge in [-0.25, -0.2) is 0 Å². The number of likely N-dealkylation sites (tertiary alicyclic amines) is 1. The van der Waals surface area contributed by atoms with Crippen LogP contribution in [-0.4, -0.2) is 23.5 Å². The van der Waals surface area contributed by atoms with Gasteiger partial charge in [-0.05, 0) is 51.9 Å². The summed E-state index contributed by atoms with van der Waals surface area (Å²) < 4.78 is 0. The highest BCUT2D eigenvalue weighted by Gasteiger charge is 2.31. The smallest absolute Gasteiger partial charge is 0.0333 e. The molecule has 1 aliphatic heterocycles. The number of hydrogen-bond donors (Lipinski definition) is 1. The Bertz CT molecular complexity index is 357. The van der Waals surface area contributed by atoms with Crippen molar-refractivity contribution in [3.05, 3.63) is 21.9 Å². The molecule has 1 aromatic heterocycles. The van der Waals surface area contributed by atoms with Gasteiger partial charge >= 0.3 is 0 Å². The molecule has 1 aliphatic rings. The van der Waals surface area contributed by atoms with Crippen LogP contribution in [0.4, 0.5) is 0 Å². The summed E-state index contributed by atoms with van der Waals surface area (Å²) in [4.78, 5) is 5.59. The molecule has 1 N–H and O–H groups in total. The van der Waals surface area contributed by atoms with Crippen LogP contribution in [0.5, 0.6) is 0 Å². The molecule has 2 nitrogen and oxygen atoms in total. The van der Waals surface area contributed by atoms with Gasteiger partial charge < -0.3 is 5.32 Å². The molecule has 0 amide bonds. The van der Waals surface area contributed by atoms with Crippen LogP contribution >= 0.6 is 11.3 Å². The van der Waals surface area contributed by atoms with E-state index in [0.29, 0.717) is 5.54 Å². The average Bonchev–Trinajstić information content (AvgIpc) is 2.84. The summed E-state index contributed by atoms with van der Waals surface area (Å²) >= 11 is 1.96. The van der Waals surface area contributed by atoms with Crippen molar-refractivity contribution in [1.29, 1.82) is 0 Å². The number of rotatable bonds is 5. The van der Waals surface area contributed by atoms with Crippen molar-refractivity contribution in [2.75, 3.05) is 13.1 Å². The summed E-state index contributed by atoms with van der Waals surface area (Å²) in [6, 6.07) is 4.57. The lowest BCUT2D eigenvalue weighted by Crippen LogP contribution is -2.37. The van der Waals surface area contributed by atoms with Gasteiger partial charge in [-0.15, -0.1) is 11.3 Å². The van der Waals surface area contributed by atoms with E-state index in [2.05, 4.69) is 43.1 Å². The zero-order valence-electron chi connectivity index (χ0n) is 11.3. The van der Waals surface area contributed by atoms with E-state index in [-0.39, 0.29) is 0 Å². The van der Waals surface area contributed by atoms with Crippen molar-refractivity contribution < 1.29 is 0 Å². The predicted octanol–water partition coefficient (Wildman–Crippen LogP) is 3.23. The van der Waals surface area contributed by atoms with E-state index in [1.165, 1.54) is 29.1 Å². The van der Waals surface area contributed by atoms with E-state index in [1.807, 2.05) is 11.3 Å². The normalized spacial score (nSPS) is 19.9. The van der Waals surface area contributed by atoms with Crippen LogP contribution < -0.4 is 5.32 Å². The van der Waals surface area contributed by atoms with E-state index < -0.39 is 0 Å². The lowest BCUT2D eigenvalue weighted by molar-refractivity contribution is 0.168. The number of hydrogen-bond acceptors (Lipinski definition) is 3. The lowest BCUT2D eigenvalue weighted by Gasteiger charge is -2.31. The van der Waals surface area contributed by atoms with Crippen molar-refractivity contribution in [2.45, 2.75) is 52.2 Å². The molecule has 0 atom stereocenters. The first-order chi connectivity index (χ1) is 8.12. The Labute approximate surface area is 109 Å². The largest absolute Gasteiger partial charge is 0.312 e. The molecule has 1 aromatic rings.